The molecule has 0 saturated heterocycles. The van der Waals surface area contributed by atoms with Gasteiger partial charge in [-0.2, -0.15) is 0 Å². The van der Waals surface area contributed by atoms with Gasteiger partial charge in [0.25, 0.3) is 0 Å². The van der Waals surface area contributed by atoms with Crippen molar-refractivity contribution in [3.63, 3.8) is 0 Å². The number of nitrogens with two attached hydrogens (primary N) is 1. The monoisotopic (exact) mass is 249 g/mol. The molecular formula is C12H11NO3S. The summed E-state index contributed by atoms with van der Waals surface area (Å²) in [6.45, 7) is 0. The lowest BCUT2D eigenvalue weighted by Gasteiger charge is -2.03. The highest BCUT2D eigenvalue weighted by Gasteiger charge is 2.13. The fraction of sp³-hybridized carbons (Fsp3) is 0.0833. The lowest BCUT2D eigenvalue weighted by molar-refractivity contribution is 0.0695. The minimum absolute atomic E-state index is 0.201. The van der Waals surface area contributed by atoms with Crippen LogP contribution in [0.3, 0.4) is 0 Å². The first-order valence-corrected chi connectivity index (χ1v) is 5.94. The molecule has 0 amide bonds. The van der Waals surface area contributed by atoms with Crippen molar-refractivity contribution in [2.75, 3.05) is 5.73 Å². The first-order chi connectivity index (χ1) is 8.18. The van der Waals surface area contributed by atoms with E-state index >= 15 is 0 Å². The smallest absolute Gasteiger partial charge is 0.339 e. The molecule has 3 N–H and O–H groups in total. The summed E-state index contributed by atoms with van der Waals surface area (Å²) in [7, 11) is 0. The Hall–Kier alpha value is -1.88. The van der Waals surface area contributed by atoms with Crippen LogP contribution in [0.25, 0.3) is 0 Å². The number of carbonyl (C=O) groups is 1. The van der Waals surface area contributed by atoms with Crippen LogP contribution in [-0.4, -0.2) is 11.1 Å². The van der Waals surface area contributed by atoms with Crippen molar-refractivity contribution in [1.29, 1.82) is 0 Å². The summed E-state index contributed by atoms with van der Waals surface area (Å²) in [5.74, 6) is -0.0795. The number of aromatic carboxylic acids is 1. The zero-order chi connectivity index (χ0) is 12.3. The summed E-state index contributed by atoms with van der Waals surface area (Å²) in [6, 6.07) is 8.90. The number of thioether (sulfide) groups is 1. The van der Waals surface area contributed by atoms with Gasteiger partial charge in [-0.3, -0.25) is 0 Å². The van der Waals surface area contributed by atoms with Crippen molar-refractivity contribution >= 4 is 23.4 Å². The summed E-state index contributed by atoms with van der Waals surface area (Å²) >= 11 is 1.45. The molecule has 0 aliphatic rings. The van der Waals surface area contributed by atoms with Crippen LogP contribution in [0.2, 0.25) is 0 Å². The van der Waals surface area contributed by atoms with Gasteiger partial charge >= 0.3 is 5.97 Å². The summed E-state index contributed by atoms with van der Waals surface area (Å²) in [5, 5.41) is 8.91. The maximum absolute atomic E-state index is 10.9. The zero-order valence-electron chi connectivity index (χ0n) is 8.92. The molecule has 0 radical (unpaired) electrons. The molecule has 2 rings (SSSR count). The quantitative estimate of drug-likeness (QED) is 0.643. The summed E-state index contributed by atoms with van der Waals surface area (Å²) in [6.07, 6.45) is 1.38. The number of furan rings is 1. The van der Waals surface area contributed by atoms with Crippen LogP contribution in [0.15, 0.2) is 45.9 Å². The molecule has 17 heavy (non-hydrogen) atoms. The Bertz CT molecular complexity index is 536. The van der Waals surface area contributed by atoms with Gasteiger partial charge in [0.1, 0.15) is 11.3 Å². The number of carboxylic acid groups (broad SMARTS) is 1. The van der Waals surface area contributed by atoms with Crippen LogP contribution in [0.1, 0.15) is 16.1 Å². The Balaban J connectivity index is 2.10. The van der Waals surface area contributed by atoms with Crippen molar-refractivity contribution in [2.24, 2.45) is 0 Å². The van der Waals surface area contributed by atoms with Crippen LogP contribution in [0, 0.1) is 0 Å². The number of para-hydroxylation sites is 1. The van der Waals surface area contributed by atoms with E-state index in [1.165, 1.54) is 24.1 Å². The first kappa shape index (κ1) is 11.6. The van der Waals surface area contributed by atoms with Crippen molar-refractivity contribution in [1.82, 2.24) is 0 Å². The van der Waals surface area contributed by atoms with Gasteiger partial charge < -0.3 is 15.3 Å². The standard InChI is InChI=1S/C12H11NO3S/c13-9-3-1-2-4-11(9)17-7-10-8(12(14)15)5-6-16-10/h1-6H,7,13H2,(H,14,15). The molecule has 0 spiro atoms. The van der Waals surface area contributed by atoms with Crippen molar-refractivity contribution in [3.8, 4) is 0 Å². The third-order valence-corrected chi connectivity index (χ3v) is 3.34. The maximum Gasteiger partial charge on any atom is 0.339 e. The highest BCUT2D eigenvalue weighted by molar-refractivity contribution is 7.98. The predicted molar refractivity (Wildman–Crippen MR) is 66.1 cm³/mol. The van der Waals surface area contributed by atoms with Gasteiger partial charge in [-0.1, -0.05) is 12.1 Å². The lowest BCUT2D eigenvalue weighted by atomic mass is 10.3. The molecule has 1 aromatic heterocycles. The van der Waals surface area contributed by atoms with E-state index in [-0.39, 0.29) is 5.56 Å². The van der Waals surface area contributed by atoms with Crippen LogP contribution in [-0.2, 0) is 5.75 Å². The number of carboxylic acids is 1. The summed E-state index contributed by atoms with van der Waals surface area (Å²) in [4.78, 5) is 11.8. The van der Waals surface area contributed by atoms with Crippen molar-refractivity contribution in [3.05, 3.63) is 47.9 Å². The number of anilines is 1. The van der Waals surface area contributed by atoms with Gasteiger partial charge in [-0.15, -0.1) is 11.8 Å². The number of nitrogen functional groups attached to an aromatic ring is 1. The average Bonchev–Trinajstić information content (AvgIpc) is 2.76. The Morgan fingerprint density at radius 1 is 1.35 bits per heavy atom. The average molecular weight is 249 g/mol. The summed E-state index contributed by atoms with van der Waals surface area (Å²) < 4.78 is 5.15. The second-order valence-electron chi connectivity index (χ2n) is 3.39. The van der Waals surface area contributed by atoms with Gasteiger partial charge in [-0.25, -0.2) is 4.79 Å². The van der Waals surface area contributed by atoms with E-state index in [0.717, 1.165) is 4.90 Å². The number of hydrogen-bond acceptors (Lipinski definition) is 4. The van der Waals surface area contributed by atoms with E-state index < -0.39 is 5.97 Å². The van der Waals surface area contributed by atoms with Crippen LogP contribution < -0.4 is 5.73 Å². The number of hydrogen-bond donors (Lipinski definition) is 2. The SMILES string of the molecule is Nc1ccccc1SCc1occc1C(=O)O. The van der Waals surface area contributed by atoms with Crippen LogP contribution in [0.5, 0.6) is 0 Å². The molecule has 0 aliphatic heterocycles. The van der Waals surface area contributed by atoms with E-state index in [4.69, 9.17) is 15.3 Å². The van der Waals surface area contributed by atoms with Crippen LogP contribution >= 0.6 is 11.8 Å². The molecule has 0 fully saturated rings. The second kappa shape index (κ2) is 4.97. The fourth-order valence-electron chi connectivity index (χ4n) is 1.40. The molecular weight excluding hydrogens is 238 g/mol. The van der Waals surface area contributed by atoms with Crippen molar-refractivity contribution in [2.45, 2.75) is 10.6 Å². The number of benzene rings is 1. The molecule has 1 aromatic carbocycles. The number of rotatable bonds is 4. The molecule has 0 unspecified atom stereocenters. The van der Waals surface area contributed by atoms with Gasteiger partial charge in [-0.05, 0) is 18.2 Å². The van der Waals surface area contributed by atoms with Gasteiger partial charge in [0.2, 0.25) is 0 Å². The Morgan fingerprint density at radius 3 is 2.82 bits per heavy atom. The Morgan fingerprint density at radius 2 is 2.12 bits per heavy atom. The molecule has 0 bridgehead atoms. The normalized spacial score (nSPS) is 10.4. The highest BCUT2D eigenvalue weighted by atomic mass is 32.2. The molecule has 1 heterocycles. The van der Waals surface area contributed by atoms with E-state index in [9.17, 15) is 4.79 Å². The topological polar surface area (TPSA) is 76.5 Å². The maximum atomic E-state index is 10.9. The predicted octanol–water partition coefficient (Wildman–Crippen LogP) is 2.85. The van der Waals surface area contributed by atoms with Gasteiger partial charge in [0.15, 0.2) is 0 Å². The van der Waals surface area contributed by atoms with E-state index in [0.29, 0.717) is 17.2 Å². The first-order valence-electron chi connectivity index (χ1n) is 4.95. The molecule has 0 aliphatic carbocycles. The van der Waals surface area contributed by atoms with E-state index in [2.05, 4.69) is 0 Å². The molecule has 4 nitrogen and oxygen atoms in total. The highest BCUT2D eigenvalue weighted by Crippen LogP contribution is 2.29. The molecule has 88 valence electrons. The molecule has 2 aromatic rings. The van der Waals surface area contributed by atoms with E-state index in [1.54, 1.807) is 0 Å². The van der Waals surface area contributed by atoms with Gasteiger partial charge in [0, 0.05) is 10.6 Å². The van der Waals surface area contributed by atoms with Crippen molar-refractivity contribution < 1.29 is 14.3 Å². The second-order valence-corrected chi connectivity index (χ2v) is 4.41. The lowest BCUT2D eigenvalue weighted by Crippen LogP contribution is -1.97. The largest absolute Gasteiger partial charge is 0.478 e. The Labute approximate surface area is 102 Å². The molecule has 0 saturated carbocycles. The fourth-order valence-corrected chi connectivity index (χ4v) is 2.32. The third kappa shape index (κ3) is 2.62. The minimum atomic E-state index is -0.976. The van der Waals surface area contributed by atoms with E-state index in [1.807, 2.05) is 24.3 Å². The van der Waals surface area contributed by atoms with Gasteiger partial charge in [0.05, 0.1) is 12.0 Å². The zero-order valence-corrected chi connectivity index (χ0v) is 9.74. The summed E-state index contributed by atoms with van der Waals surface area (Å²) in [5.41, 5.74) is 6.67. The minimum Gasteiger partial charge on any atom is -0.478 e. The third-order valence-electron chi connectivity index (χ3n) is 2.25. The molecule has 5 heteroatoms. The molecule has 0 atom stereocenters. The van der Waals surface area contributed by atoms with Crippen LogP contribution in [0.4, 0.5) is 5.69 Å². The Kier molecular flexibility index (Phi) is 3.39.